The molecule has 1 rings (SSSR count). The van der Waals surface area contributed by atoms with Gasteiger partial charge in [-0.05, 0) is 19.1 Å². The van der Waals surface area contributed by atoms with Crippen LogP contribution in [-0.4, -0.2) is 5.05 Å². The van der Waals surface area contributed by atoms with Crippen molar-refractivity contribution >= 4 is 17.3 Å². The molecule has 10 heavy (non-hydrogen) atoms. The van der Waals surface area contributed by atoms with Gasteiger partial charge in [-0.3, -0.25) is 0 Å². The first-order chi connectivity index (χ1) is 4.70. The quantitative estimate of drug-likeness (QED) is 0.582. The summed E-state index contributed by atoms with van der Waals surface area (Å²) in [4.78, 5) is 0. The maximum atomic E-state index is 5.12. The zero-order chi connectivity index (χ0) is 7.56. The minimum atomic E-state index is 0.504. The van der Waals surface area contributed by atoms with Crippen LogP contribution in [0.3, 0.4) is 0 Å². The van der Waals surface area contributed by atoms with Gasteiger partial charge in [-0.2, -0.15) is 0 Å². The van der Waals surface area contributed by atoms with E-state index < -0.39 is 0 Å². The Labute approximate surface area is 64.8 Å². The molecule has 0 aromatic carbocycles. The minimum absolute atomic E-state index is 0.504. The van der Waals surface area contributed by atoms with Crippen molar-refractivity contribution in [2.45, 2.75) is 13.8 Å². The first-order valence-electron chi connectivity index (χ1n) is 2.92. The maximum Gasteiger partial charge on any atom is 0.169 e. The van der Waals surface area contributed by atoms with Crippen molar-refractivity contribution in [3.63, 3.8) is 0 Å². The lowest BCUT2D eigenvalue weighted by Crippen LogP contribution is -1.98. The molecule has 0 aliphatic rings. The van der Waals surface area contributed by atoms with Crippen molar-refractivity contribution in [1.29, 1.82) is 0 Å². The van der Waals surface area contributed by atoms with Crippen LogP contribution >= 0.6 is 12.2 Å². The molecule has 0 spiro atoms. The van der Waals surface area contributed by atoms with Gasteiger partial charge in [0.25, 0.3) is 0 Å². The van der Waals surface area contributed by atoms with Crippen LogP contribution < -0.4 is 4.74 Å². The lowest BCUT2D eigenvalue weighted by molar-refractivity contribution is 0.493. The number of furan rings is 1. The fourth-order valence-corrected chi connectivity index (χ4v) is 0.724. The monoisotopic (exact) mass is 156 g/mol. The van der Waals surface area contributed by atoms with E-state index >= 15 is 0 Å². The van der Waals surface area contributed by atoms with E-state index in [-0.39, 0.29) is 0 Å². The molecule has 0 aliphatic heterocycles. The van der Waals surface area contributed by atoms with Crippen LogP contribution in [0.5, 0.6) is 5.75 Å². The average Bonchev–Trinajstić information content (AvgIpc) is 2.15. The molecule has 54 valence electrons. The van der Waals surface area contributed by atoms with E-state index in [0.29, 0.717) is 10.8 Å². The Bertz CT molecular complexity index is 240. The van der Waals surface area contributed by atoms with Gasteiger partial charge >= 0.3 is 0 Å². The van der Waals surface area contributed by atoms with Gasteiger partial charge < -0.3 is 9.15 Å². The number of aryl methyl sites for hydroxylation is 1. The van der Waals surface area contributed by atoms with Crippen molar-refractivity contribution in [3.8, 4) is 5.75 Å². The number of ether oxygens (including phenoxy) is 1. The Morgan fingerprint density at radius 2 is 2.40 bits per heavy atom. The van der Waals surface area contributed by atoms with Crippen molar-refractivity contribution in [2.75, 3.05) is 0 Å². The highest BCUT2D eigenvalue weighted by Gasteiger charge is 2.01. The Balaban J connectivity index is 2.74. The van der Waals surface area contributed by atoms with E-state index in [1.54, 1.807) is 19.3 Å². The van der Waals surface area contributed by atoms with Crippen LogP contribution in [0.25, 0.3) is 0 Å². The van der Waals surface area contributed by atoms with Crippen LogP contribution in [0.4, 0.5) is 0 Å². The molecular formula is C7H8O2S. The molecule has 0 atom stereocenters. The summed E-state index contributed by atoms with van der Waals surface area (Å²) in [5.74, 6) is 1.46. The molecule has 0 aliphatic carbocycles. The Morgan fingerprint density at radius 1 is 1.70 bits per heavy atom. The van der Waals surface area contributed by atoms with Crippen molar-refractivity contribution < 1.29 is 9.15 Å². The van der Waals surface area contributed by atoms with Gasteiger partial charge in [0.1, 0.15) is 5.76 Å². The number of hydrogen-bond donors (Lipinski definition) is 0. The van der Waals surface area contributed by atoms with Gasteiger partial charge in [0, 0.05) is 13.0 Å². The molecule has 0 unspecified atom stereocenters. The molecule has 0 saturated carbocycles. The van der Waals surface area contributed by atoms with Gasteiger partial charge in [0.2, 0.25) is 0 Å². The molecule has 0 N–H and O–H groups in total. The predicted molar refractivity (Wildman–Crippen MR) is 42.3 cm³/mol. The van der Waals surface area contributed by atoms with E-state index in [9.17, 15) is 0 Å². The fraction of sp³-hybridized carbons (Fsp3) is 0.286. The summed E-state index contributed by atoms with van der Waals surface area (Å²) in [7, 11) is 0. The van der Waals surface area contributed by atoms with Crippen molar-refractivity contribution in [1.82, 2.24) is 0 Å². The zero-order valence-electron chi connectivity index (χ0n) is 5.88. The van der Waals surface area contributed by atoms with Gasteiger partial charge in [-0.1, -0.05) is 0 Å². The van der Waals surface area contributed by atoms with Crippen LogP contribution in [0.15, 0.2) is 16.7 Å². The SMILES string of the molecule is CC(=S)Oc1ccoc1C. The van der Waals surface area contributed by atoms with Crippen LogP contribution in [0.1, 0.15) is 12.7 Å². The summed E-state index contributed by atoms with van der Waals surface area (Å²) < 4.78 is 10.1. The molecular weight excluding hydrogens is 148 g/mol. The van der Waals surface area contributed by atoms with Gasteiger partial charge in [-0.25, -0.2) is 0 Å². The van der Waals surface area contributed by atoms with Crippen molar-refractivity contribution in [2.24, 2.45) is 0 Å². The smallest absolute Gasteiger partial charge is 0.169 e. The van der Waals surface area contributed by atoms with Gasteiger partial charge in [0.15, 0.2) is 10.8 Å². The summed E-state index contributed by atoms with van der Waals surface area (Å²) in [6, 6.07) is 1.74. The Hall–Kier alpha value is -0.830. The second-order valence-electron chi connectivity index (χ2n) is 1.93. The standard InChI is InChI=1S/C7H8O2S/c1-5-7(3-4-8-5)9-6(2)10/h3-4H,1-2H3. The molecule has 3 heteroatoms. The highest BCUT2D eigenvalue weighted by Crippen LogP contribution is 2.17. The lowest BCUT2D eigenvalue weighted by atomic mass is 10.4. The Morgan fingerprint density at radius 3 is 2.80 bits per heavy atom. The Kier molecular flexibility index (Phi) is 2.06. The fourth-order valence-electron chi connectivity index (χ4n) is 0.634. The third-order valence-corrected chi connectivity index (χ3v) is 1.15. The predicted octanol–water partition coefficient (Wildman–Crippen LogP) is 2.31. The van der Waals surface area contributed by atoms with Gasteiger partial charge in [0.05, 0.1) is 6.26 Å². The van der Waals surface area contributed by atoms with E-state index in [1.807, 2.05) is 6.92 Å². The molecule has 0 bridgehead atoms. The molecule has 2 nitrogen and oxygen atoms in total. The van der Waals surface area contributed by atoms with E-state index in [0.717, 1.165) is 5.76 Å². The first kappa shape index (κ1) is 7.28. The maximum absolute atomic E-state index is 5.12. The summed E-state index contributed by atoms with van der Waals surface area (Å²) >= 11 is 4.74. The average molecular weight is 156 g/mol. The third-order valence-electron chi connectivity index (χ3n) is 1.06. The zero-order valence-corrected chi connectivity index (χ0v) is 6.70. The second-order valence-corrected chi connectivity index (χ2v) is 2.51. The molecule has 0 amide bonds. The number of thiocarbonyl (C=S) groups is 1. The summed E-state index contributed by atoms with van der Waals surface area (Å²) in [6.45, 7) is 3.55. The molecule has 0 radical (unpaired) electrons. The van der Waals surface area contributed by atoms with Crippen LogP contribution in [0, 0.1) is 6.92 Å². The summed E-state index contributed by atoms with van der Waals surface area (Å²) in [5, 5.41) is 0.504. The highest BCUT2D eigenvalue weighted by molar-refractivity contribution is 7.80. The largest absolute Gasteiger partial charge is 0.466 e. The summed E-state index contributed by atoms with van der Waals surface area (Å²) in [5.41, 5.74) is 0. The highest BCUT2D eigenvalue weighted by atomic mass is 32.1. The van der Waals surface area contributed by atoms with E-state index in [2.05, 4.69) is 0 Å². The third kappa shape index (κ3) is 1.57. The van der Waals surface area contributed by atoms with E-state index in [1.165, 1.54) is 0 Å². The second kappa shape index (κ2) is 2.84. The molecule has 1 aromatic heterocycles. The minimum Gasteiger partial charge on any atom is -0.466 e. The van der Waals surface area contributed by atoms with Gasteiger partial charge in [-0.15, -0.1) is 0 Å². The van der Waals surface area contributed by atoms with Crippen molar-refractivity contribution in [3.05, 3.63) is 18.1 Å². The molecule has 1 heterocycles. The lowest BCUT2D eigenvalue weighted by Gasteiger charge is -1.98. The van der Waals surface area contributed by atoms with Crippen LogP contribution in [-0.2, 0) is 0 Å². The topological polar surface area (TPSA) is 22.4 Å². The molecule has 0 fully saturated rings. The molecule has 1 aromatic rings. The summed E-state index contributed by atoms with van der Waals surface area (Å²) in [6.07, 6.45) is 1.57. The molecule has 0 saturated heterocycles. The van der Waals surface area contributed by atoms with Crippen LogP contribution in [0.2, 0.25) is 0 Å². The number of rotatable bonds is 1. The first-order valence-corrected chi connectivity index (χ1v) is 3.33. The van der Waals surface area contributed by atoms with E-state index in [4.69, 9.17) is 21.4 Å². The normalized spacial score (nSPS) is 9.40. The number of hydrogen-bond acceptors (Lipinski definition) is 3.